The van der Waals surface area contributed by atoms with Crippen LogP contribution in [0.5, 0.6) is 0 Å². The van der Waals surface area contributed by atoms with Crippen molar-refractivity contribution in [2.45, 2.75) is 32.6 Å². The highest BCUT2D eigenvalue weighted by molar-refractivity contribution is 5.67. The molecule has 2 rings (SSSR count). The summed E-state index contributed by atoms with van der Waals surface area (Å²) < 4.78 is 0. The second kappa shape index (κ2) is 5.58. The molecule has 0 saturated heterocycles. The van der Waals surface area contributed by atoms with E-state index in [0.29, 0.717) is 6.54 Å². The Hall–Kier alpha value is -1.60. The Morgan fingerprint density at radius 2 is 1.53 bits per heavy atom. The quantitative estimate of drug-likeness (QED) is 0.873. The van der Waals surface area contributed by atoms with Gasteiger partial charge in [-0.15, -0.1) is 0 Å². The van der Waals surface area contributed by atoms with Crippen LogP contribution in [0.1, 0.15) is 31.9 Å². The minimum Gasteiger partial charge on any atom is -0.330 e. The van der Waals surface area contributed by atoms with Crippen LogP contribution in [0.25, 0.3) is 11.1 Å². The normalized spacial score (nSPS) is 11.6. The Morgan fingerprint density at radius 1 is 0.895 bits per heavy atom. The maximum Gasteiger partial charge on any atom is -0.00365 e. The molecule has 0 bridgehead atoms. The maximum absolute atomic E-state index is 5.69. The maximum atomic E-state index is 5.69. The molecule has 0 unspecified atom stereocenters. The molecule has 0 saturated carbocycles. The minimum absolute atomic E-state index is 0.204. The summed E-state index contributed by atoms with van der Waals surface area (Å²) in [6.07, 6.45) is 0.928. The van der Waals surface area contributed by atoms with Crippen LogP contribution in [-0.4, -0.2) is 6.54 Å². The van der Waals surface area contributed by atoms with Gasteiger partial charge in [0.1, 0.15) is 0 Å². The molecule has 0 atom stereocenters. The Kier molecular flexibility index (Phi) is 4.06. The summed E-state index contributed by atoms with van der Waals surface area (Å²) >= 11 is 0. The molecule has 0 radical (unpaired) electrons. The summed E-state index contributed by atoms with van der Waals surface area (Å²) in [4.78, 5) is 0. The molecule has 0 fully saturated rings. The number of benzene rings is 2. The minimum atomic E-state index is 0.204. The first-order chi connectivity index (χ1) is 9.02. The molecule has 0 aliphatic rings. The Labute approximate surface area is 116 Å². The monoisotopic (exact) mass is 253 g/mol. The second-order valence-electron chi connectivity index (χ2n) is 6.02. The van der Waals surface area contributed by atoms with Crippen LogP contribution in [0.3, 0.4) is 0 Å². The van der Waals surface area contributed by atoms with Gasteiger partial charge in [-0.25, -0.2) is 0 Å². The first-order valence-corrected chi connectivity index (χ1v) is 6.91. The highest BCUT2D eigenvalue weighted by atomic mass is 14.5. The number of hydrogen-bond donors (Lipinski definition) is 1. The van der Waals surface area contributed by atoms with Gasteiger partial charge >= 0.3 is 0 Å². The van der Waals surface area contributed by atoms with Gasteiger partial charge in [0.15, 0.2) is 0 Å². The third-order valence-corrected chi connectivity index (χ3v) is 3.49. The molecular weight excluding hydrogens is 230 g/mol. The summed E-state index contributed by atoms with van der Waals surface area (Å²) in [7, 11) is 0. The molecule has 100 valence electrons. The molecule has 0 heterocycles. The van der Waals surface area contributed by atoms with Gasteiger partial charge in [-0.05, 0) is 40.6 Å². The van der Waals surface area contributed by atoms with Gasteiger partial charge in [0, 0.05) is 0 Å². The van der Waals surface area contributed by atoms with Crippen molar-refractivity contribution in [1.29, 1.82) is 0 Å². The van der Waals surface area contributed by atoms with Crippen molar-refractivity contribution in [2.75, 3.05) is 6.54 Å². The van der Waals surface area contributed by atoms with E-state index in [1.807, 2.05) is 0 Å². The molecule has 2 aromatic rings. The second-order valence-corrected chi connectivity index (χ2v) is 6.02. The molecule has 2 aromatic carbocycles. The molecule has 0 spiro atoms. The zero-order chi connectivity index (χ0) is 13.9. The van der Waals surface area contributed by atoms with Gasteiger partial charge in [-0.2, -0.15) is 0 Å². The van der Waals surface area contributed by atoms with E-state index in [4.69, 9.17) is 5.73 Å². The predicted molar refractivity (Wildman–Crippen MR) is 83.3 cm³/mol. The van der Waals surface area contributed by atoms with E-state index in [1.54, 1.807) is 0 Å². The van der Waals surface area contributed by atoms with Gasteiger partial charge in [-0.1, -0.05) is 69.3 Å². The third-order valence-electron chi connectivity index (χ3n) is 3.49. The van der Waals surface area contributed by atoms with Crippen molar-refractivity contribution < 1.29 is 0 Å². The first-order valence-electron chi connectivity index (χ1n) is 6.91. The molecule has 0 aromatic heterocycles. The predicted octanol–water partition coefficient (Wildman–Crippen LogP) is 4.15. The standard InChI is InChI=1S/C18H23N/c1-18(2,3)16-10-8-15(9-11-16)17-7-5-4-6-14(17)12-13-19/h4-11H,12-13,19H2,1-3H3. The van der Waals surface area contributed by atoms with E-state index >= 15 is 0 Å². The smallest absolute Gasteiger partial charge is 0.00365 e. The lowest BCUT2D eigenvalue weighted by molar-refractivity contribution is 0.590. The molecule has 0 aliphatic carbocycles. The van der Waals surface area contributed by atoms with Crippen LogP contribution in [0, 0.1) is 0 Å². The Bertz CT molecular complexity index is 532. The summed E-state index contributed by atoms with van der Waals surface area (Å²) in [6.45, 7) is 7.41. The van der Waals surface area contributed by atoms with Crippen molar-refractivity contribution in [1.82, 2.24) is 0 Å². The first kappa shape index (κ1) is 13.8. The van der Waals surface area contributed by atoms with Crippen molar-refractivity contribution in [3.8, 4) is 11.1 Å². The fourth-order valence-corrected chi connectivity index (χ4v) is 2.33. The average molecular weight is 253 g/mol. The van der Waals surface area contributed by atoms with E-state index in [9.17, 15) is 0 Å². The van der Waals surface area contributed by atoms with Crippen LogP contribution < -0.4 is 5.73 Å². The fraction of sp³-hybridized carbons (Fsp3) is 0.333. The summed E-state index contributed by atoms with van der Waals surface area (Å²) in [5.41, 5.74) is 11.2. The molecular formula is C18H23N. The Morgan fingerprint density at radius 3 is 2.11 bits per heavy atom. The van der Waals surface area contributed by atoms with Gasteiger partial charge in [0.05, 0.1) is 0 Å². The lowest BCUT2D eigenvalue weighted by atomic mass is 9.86. The summed E-state index contributed by atoms with van der Waals surface area (Å²) in [5.74, 6) is 0. The third kappa shape index (κ3) is 3.24. The molecule has 1 heteroatoms. The Balaban J connectivity index is 2.37. The van der Waals surface area contributed by atoms with E-state index in [-0.39, 0.29) is 5.41 Å². The molecule has 0 amide bonds. The zero-order valence-corrected chi connectivity index (χ0v) is 12.1. The van der Waals surface area contributed by atoms with Crippen molar-refractivity contribution >= 4 is 0 Å². The SMILES string of the molecule is CC(C)(C)c1ccc(-c2ccccc2CCN)cc1. The molecule has 2 N–H and O–H groups in total. The van der Waals surface area contributed by atoms with Crippen LogP contribution in [0.4, 0.5) is 0 Å². The number of rotatable bonds is 3. The summed E-state index contributed by atoms with van der Waals surface area (Å²) in [5, 5.41) is 0. The number of hydrogen-bond acceptors (Lipinski definition) is 1. The van der Waals surface area contributed by atoms with Crippen LogP contribution in [0.15, 0.2) is 48.5 Å². The van der Waals surface area contributed by atoms with Crippen LogP contribution in [0.2, 0.25) is 0 Å². The lowest BCUT2D eigenvalue weighted by Gasteiger charge is -2.19. The van der Waals surface area contributed by atoms with E-state index in [1.165, 1.54) is 22.3 Å². The van der Waals surface area contributed by atoms with Crippen molar-refractivity contribution in [2.24, 2.45) is 5.73 Å². The summed E-state index contributed by atoms with van der Waals surface area (Å²) in [6, 6.07) is 17.4. The lowest BCUT2D eigenvalue weighted by Crippen LogP contribution is -2.10. The van der Waals surface area contributed by atoms with E-state index in [0.717, 1.165) is 6.42 Å². The van der Waals surface area contributed by atoms with Crippen molar-refractivity contribution in [3.05, 3.63) is 59.7 Å². The van der Waals surface area contributed by atoms with Gasteiger partial charge in [0.2, 0.25) is 0 Å². The highest BCUT2D eigenvalue weighted by Gasteiger charge is 2.13. The number of nitrogens with two attached hydrogens (primary N) is 1. The van der Waals surface area contributed by atoms with E-state index in [2.05, 4.69) is 69.3 Å². The molecule has 19 heavy (non-hydrogen) atoms. The molecule has 1 nitrogen and oxygen atoms in total. The van der Waals surface area contributed by atoms with E-state index < -0.39 is 0 Å². The molecule has 0 aliphatic heterocycles. The fourth-order valence-electron chi connectivity index (χ4n) is 2.33. The van der Waals surface area contributed by atoms with Gasteiger partial charge < -0.3 is 5.73 Å². The zero-order valence-electron chi connectivity index (χ0n) is 12.1. The largest absolute Gasteiger partial charge is 0.330 e. The van der Waals surface area contributed by atoms with Crippen LogP contribution in [-0.2, 0) is 11.8 Å². The van der Waals surface area contributed by atoms with Crippen LogP contribution >= 0.6 is 0 Å². The van der Waals surface area contributed by atoms with Gasteiger partial charge in [-0.3, -0.25) is 0 Å². The van der Waals surface area contributed by atoms with Crippen molar-refractivity contribution in [3.63, 3.8) is 0 Å². The highest BCUT2D eigenvalue weighted by Crippen LogP contribution is 2.28. The topological polar surface area (TPSA) is 26.0 Å². The average Bonchev–Trinajstić information content (AvgIpc) is 2.39. The van der Waals surface area contributed by atoms with Gasteiger partial charge in [0.25, 0.3) is 0 Å².